The number of benzene rings is 7. The zero-order valence-electron chi connectivity index (χ0n) is 44.7. The lowest BCUT2D eigenvalue weighted by atomic mass is 9.65. The third-order valence-electron chi connectivity index (χ3n) is 17.6. The Kier molecular flexibility index (Phi) is 16.2. The first-order valence-electron chi connectivity index (χ1n) is 28.8. The summed E-state index contributed by atoms with van der Waals surface area (Å²) < 4.78 is 0. The quantitative estimate of drug-likeness (QED) is 0.0396. The van der Waals surface area contributed by atoms with Crippen LogP contribution in [-0.2, 0) is 10.8 Å². The summed E-state index contributed by atoms with van der Waals surface area (Å²) in [5, 5.41) is 5.56. The molecule has 364 valence electrons. The molecule has 70 heavy (non-hydrogen) atoms. The number of unbranched alkanes of at least 4 members (excludes halogenated alkanes) is 15. The Bertz CT molecular complexity index is 2860. The number of hydrogen-bond acceptors (Lipinski definition) is 0. The van der Waals surface area contributed by atoms with Gasteiger partial charge in [0.2, 0.25) is 0 Å². The molecule has 0 spiro atoms. The zero-order valence-corrected chi connectivity index (χ0v) is 44.7. The van der Waals surface area contributed by atoms with Crippen LogP contribution in [0.25, 0.3) is 66.1 Å². The number of hydrogen-bond donors (Lipinski definition) is 0. The van der Waals surface area contributed by atoms with Gasteiger partial charge >= 0.3 is 0 Å². The van der Waals surface area contributed by atoms with E-state index in [1.165, 1.54) is 212 Å². The molecule has 0 amide bonds. The molecule has 0 radical (unpaired) electrons. The molecule has 2 aliphatic carbocycles. The maximum Gasteiger partial charge on any atom is 0.102 e. The fraction of sp³-hybridized carbons (Fsp3) is 0.449. The van der Waals surface area contributed by atoms with Gasteiger partial charge in [-0.05, 0) is 138 Å². The van der Waals surface area contributed by atoms with E-state index in [1.54, 1.807) is 22.3 Å². The van der Waals surface area contributed by atoms with E-state index in [9.17, 15) is 0 Å². The normalized spacial score (nSPS) is 15.5. The molecule has 1 atom stereocenters. The molecule has 7 aromatic rings. The maximum atomic E-state index is 2.71. The van der Waals surface area contributed by atoms with Crippen molar-refractivity contribution in [2.75, 3.05) is 0 Å². The third-order valence-corrected chi connectivity index (χ3v) is 17.6. The van der Waals surface area contributed by atoms with Crippen LogP contribution in [-0.4, -0.2) is 7.85 Å². The lowest BCUT2D eigenvalue weighted by Gasteiger charge is -2.34. The molecule has 0 N–H and O–H groups in total. The van der Waals surface area contributed by atoms with Crippen LogP contribution in [0.1, 0.15) is 209 Å². The fourth-order valence-electron chi connectivity index (χ4n) is 13.6. The molecule has 0 saturated heterocycles. The largest absolute Gasteiger partial charge is 0.102 e. The van der Waals surface area contributed by atoms with Crippen LogP contribution in [0.5, 0.6) is 0 Å². The van der Waals surface area contributed by atoms with Crippen LogP contribution in [0.2, 0.25) is 6.32 Å². The van der Waals surface area contributed by atoms with Gasteiger partial charge in [0.25, 0.3) is 0 Å². The second kappa shape index (κ2) is 22.7. The second-order valence-electron chi connectivity index (χ2n) is 22.4. The minimum Gasteiger partial charge on any atom is -0.0674 e. The fourth-order valence-corrected chi connectivity index (χ4v) is 13.6. The van der Waals surface area contributed by atoms with E-state index in [2.05, 4.69) is 171 Å². The lowest BCUT2D eigenvalue weighted by Crippen LogP contribution is -2.26. The van der Waals surface area contributed by atoms with E-state index in [0.717, 1.165) is 6.32 Å². The predicted molar refractivity (Wildman–Crippen MR) is 311 cm³/mol. The Morgan fingerprint density at radius 3 is 1.24 bits per heavy atom. The molecular formula is C69H85B. The standard InChI is InChI=1S/C69H85B/c1-7-10-13-16-19-26-41-68(42-27-20-17-14-11-8-2)63-45-53(49(4)5)38-40-59(63)66-56-31-24-22-29-54(56)60(46-64(66)68)51-34-36-52(37-35-51)61-47-65-67(57-32-25-23-30-55(57)61)58-39-33-50(6)44-62(58)69(65,48-70)43-28-21-18-15-12-9-3/h22-25,29-40,44-47,49H,7-21,26-28,41-43,48,70H2,1-6H3. The summed E-state index contributed by atoms with van der Waals surface area (Å²) in [6.07, 6.45) is 28.8. The molecular weight excluding hydrogens is 840 g/mol. The summed E-state index contributed by atoms with van der Waals surface area (Å²) in [4.78, 5) is 0. The molecule has 1 unspecified atom stereocenters. The third kappa shape index (κ3) is 9.62. The first-order valence-corrected chi connectivity index (χ1v) is 28.8. The minimum absolute atomic E-state index is 0.0184. The molecule has 1 heteroatoms. The smallest absolute Gasteiger partial charge is 0.0674 e. The topological polar surface area (TPSA) is 0 Å². The molecule has 0 nitrogen and oxygen atoms in total. The number of rotatable bonds is 25. The number of fused-ring (bicyclic) bond motifs is 10. The van der Waals surface area contributed by atoms with Gasteiger partial charge in [-0.1, -0.05) is 271 Å². The van der Waals surface area contributed by atoms with Crippen molar-refractivity contribution in [3.63, 3.8) is 0 Å². The molecule has 7 aromatic carbocycles. The Morgan fingerprint density at radius 2 is 0.786 bits per heavy atom. The van der Waals surface area contributed by atoms with E-state index in [4.69, 9.17) is 0 Å². The SMILES string of the molecule is BCC1(CCCCCCCC)c2cc(C)ccc2-c2c1cc(-c1ccc(-c3cc4c(c5ccccc35)-c3ccc(C(C)C)cc3C4(CCCCCCCC)CCCCCCCC)cc1)c1ccccc21. The van der Waals surface area contributed by atoms with Crippen LogP contribution in [0.4, 0.5) is 0 Å². The van der Waals surface area contributed by atoms with Crippen molar-refractivity contribution in [3.8, 4) is 44.5 Å². The Labute approximate surface area is 425 Å². The highest BCUT2D eigenvalue weighted by molar-refractivity contribution is 6.14. The second-order valence-corrected chi connectivity index (χ2v) is 22.4. The van der Waals surface area contributed by atoms with Crippen LogP contribution in [0, 0.1) is 6.92 Å². The van der Waals surface area contributed by atoms with Gasteiger partial charge in [0.1, 0.15) is 7.85 Å². The van der Waals surface area contributed by atoms with Gasteiger partial charge in [-0.3, -0.25) is 0 Å². The summed E-state index contributed by atoms with van der Waals surface area (Å²) in [6, 6.07) is 48.9. The first kappa shape index (κ1) is 50.1. The highest BCUT2D eigenvalue weighted by Gasteiger charge is 2.45. The zero-order chi connectivity index (χ0) is 48.7. The highest BCUT2D eigenvalue weighted by Crippen LogP contribution is 2.59. The van der Waals surface area contributed by atoms with Crippen LogP contribution >= 0.6 is 0 Å². The van der Waals surface area contributed by atoms with E-state index in [1.807, 2.05) is 0 Å². The van der Waals surface area contributed by atoms with E-state index >= 15 is 0 Å². The molecule has 2 aliphatic rings. The van der Waals surface area contributed by atoms with Crippen molar-refractivity contribution in [3.05, 3.63) is 155 Å². The van der Waals surface area contributed by atoms with Gasteiger partial charge in [0, 0.05) is 10.8 Å². The molecule has 0 aromatic heterocycles. The van der Waals surface area contributed by atoms with E-state index < -0.39 is 0 Å². The summed E-state index contributed by atoms with van der Waals surface area (Å²) >= 11 is 0. The molecule has 0 heterocycles. The van der Waals surface area contributed by atoms with E-state index in [-0.39, 0.29) is 10.8 Å². The average molecular weight is 925 g/mol. The highest BCUT2D eigenvalue weighted by atomic mass is 14.5. The Balaban J connectivity index is 1.15. The van der Waals surface area contributed by atoms with Gasteiger partial charge in [0.15, 0.2) is 0 Å². The average Bonchev–Trinajstić information content (AvgIpc) is 3.82. The van der Waals surface area contributed by atoms with Gasteiger partial charge in [0.05, 0.1) is 0 Å². The summed E-state index contributed by atoms with van der Waals surface area (Å²) in [5.74, 6) is 0.502. The molecule has 9 rings (SSSR count). The van der Waals surface area contributed by atoms with Crippen LogP contribution in [0.15, 0.2) is 121 Å². The van der Waals surface area contributed by atoms with Crippen molar-refractivity contribution in [1.29, 1.82) is 0 Å². The molecule has 0 aliphatic heterocycles. The van der Waals surface area contributed by atoms with Crippen LogP contribution < -0.4 is 0 Å². The minimum atomic E-state index is 0.0184. The predicted octanol–water partition coefficient (Wildman–Crippen LogP) is 20.6. The van der Waals surface area contributed by atoms with Crippen LogP contribution in [0.3, 0.4) is 0 Å². The van der Waals surface area contributed by atoms with Gasteiger partial charge < -0.3 is 0 Å². The summed E-state index contributed by atoms with van der Waals surface area (Å²) in [6.45, 7) is 14.1. The summed E-state index contributed by atoms with van der Waals surface area (Å²) in [5.41, 5.74) is 20.6. The molecule has 0 bridgehead atoms. The lowest BCUT2D eigenvalue weighted by molar-refractivity contribution is 0.397. The van der Waals surface area contributed by atoms with E-state index in [0.29, 0.717) is 5.92 Å². The van der Waals surface area contributed by atoms with Crippen molar-refractivity contribution in [2.24, 2.45) is 0 Å². The molecule has 0 saturated carbocycles. The van der Waals surface area contributed by atoms with Gasteiger partial charge in [-0.25, -0.2) is 0 Å². The first-order chi connectivity index (χ1) is 34.3. The van der Waals surface area contributed by atoms with Crippen molar-refractivity contribution in [1.82, 2.24) is 0 Å². The van der Waals surface area contributed by atoms with Gasteiger partial charge in [-0.15, -0.1) is 0 Å². The van der Waals surface area contributed by atoms with Gasteiger partial charge in [-0.2, -0.15) is 0 Å². The maximum absolute atomic E-state index is 2.71. The van der Waals surface area contributed by atoms with Crippen molar-refractivity contribution < 1.29 is 0 Å². The molecule has 0 fully saturated rings. The Morgan fingerprint density at radius 1 is 0.386 bits per heavy atom. The number of aryl methyl sites for hydroxylation is 1. The van der Waals surface area contributed by atoms with Crippen molar-refractivity contribution >= 4 is 29.4 Å². The summed E-state index contributed by atoms with van der Waals surface area (Å²) in [7, 11) is 2.46. The Hall–Kier alpha value is -4.88. The van der Waals surface area contributed by atoms with Crippen molar-refractivity contribution in [2.45, 2.75) is 199 Å². The monoisotopic (exact) mass is 925 g/mol.